The summed E-state index contributed by atoms with van der Waals surface area (Å²) in [6.07, 6.45) is 1.74. The van der Waals surface area contributed by atoms with Crippen molar-refractivity contribution in [1.82, 2.24) is 4.98 Å². The van der Waals surface area contributed by atoms with E-state index in [4.69, 9.17) is 11.6 Å². The number of fused-ring (bicyclic) bond motifs is 1. The zero-order valence-corrected chi connectivity index (χ0v) is 10.9. The summed E-state index contributed by atoms with van der Waals surface area (Å²) >= 11 is 9.60. The summed E-state index contributed by atoms with van der Waals surface area (Å²) in [6, 6.07) is 6.23. The van der Waals surface area contributed by atoms with Crippen LogP contribution in [0.15, 0.2) is 28.9 Å². The molecular weight excluding hydrogens is 273 g/mol. The van der Waals surface area contributed by atoms with Crippen molar-refractivity contribution in [3.63, 3.8) is 0 Å². The van der Waals surface area contributed by atoms with Crippen LogP contribution >= 0.6 is 27.5 Å². The monoisotopic (exact) mass is 283 g/mol. The molecule has 78 valence electrons. The molecule has 1 aromatic heterocycles. The molecule has 0 aliphatic rings. The Morgan fingerprint density at radius 1 is 1.33 bits per heavy atom. The largest absolute Gasteiger partial charge is 0.255 e. The fourth-order valence-electron chi connectivity index (χ4n) is 1.51. The second kappa shape index (κ2) is 4.11. The summed E-state index contributed by atoms with van der Waals surface area (Å²) in [4.78, 5) is 4.31. The minimum Gasteiger partial charge on any atom is -0.255 e. The van der Waals surface area contributed by atoms with Gasteiger partial charge in [-0.25, -0.2) is 0 Å². The molecule has 2 rings (SSSR count). The first kappa shape index (κ1) is 10.9. The smallest absolute Gasteiger partial charge is 0.0718 e. The molecule has 0 unspecified atom stereocenters. The van der Waals surface area contributed by atoms with Crippen molar-refractivity contribution in [3.8, 4) is 0 Å². The van der Waals surface area contributed by atoms with Crippen LogP contribution in [0.4, 0.5) is 0 Å². The topological polar surface area (TPSA) is 12.9 Å². The number of hydrogen-bond acceptors (Lipinski definition) is 1. The molecular formula is C12H11BrClN. The highest BCUT2D eigenvalue weighted by atomic mass is 79.9. The number of pyridine rings is 1. The minimum atomic E-state index is 0.504. The van der Waals surface area contributed by atoms with Gasteiger partial charge in [0, 0.05) is 11.6 Å². The molecule has 0 saturated heterocycles. The molecule has 0 fully saturated rings. The summed E-state index contributed by atoms with van der Waals surface area (Å²) in [5, 5.41) is 1.75. The maximum atomic E-state index is 6.22. The van der Waals surface area contributed by atoms with Gasteiger partial charge in [0.2, 0.25) is 0 Å². The predicted molar refractivity (Wildman–Crippen MR) is 68.5 cm³/mol. The number of halogens is 2. The van der Waals surface area contributed by atoms with Crippen molar-refractivity contribution in [2.45, 2.75) is 19.8 Å². The van der Waals surface area contributed by atoms with Gasteiger partial charge in [0.25, 0.3) is 0 Å². The van der Waals surface area contributed by atoms with Gasteiger partial charge in [-0.3, -0.25) is 4.98 Å². The summed E-state index contributed by atoms with van der Waals surface area (Å²) in [7, 11) is 0. The first-order valence-electron chi connectivity index (χ1n) is 4.83. The Bertz CT molecular complexity index is 508. The van der Waals surface area contributed by atoms with Gasteiger partial charge in [-0.15, -0.1) is 0 Å². The third-order valence-corrected chi connectivity index (χ3v) is 3.69. The van der Waals surface area contributed by atoms with Crippen molar-refractivity contribution in [1.29, 1.82) is 0 Å². The van der Waals surface area contributed by atoms with E-state index in [9.17, 15) is 0 Å². The Balaban J connectivity index is 2.73. The van der Waals surface area contributed by atoms with Crippen LogP contribution in [0, 0.1) is 0 Å². The van der Waals surface area contributed by atoms with Gasteiger partial charge in [-0.05, 0) is 39.5 Å². The van der Waals surface area contributed by atoms with Gasteiger partial charge >= 0.3 is 0 Å². The Labute approximate surface area is 103 Å². The van der Waals surface area contributed by atoms with Crippen molar-refractivity contribution < 1.29 is 0 Å². The van der Waals surface area contributed by atoms with Crippen molar-refractivity contribution in [2.75, 3.05) is 0 Å². The minimum absolute atomic E-state index is 0.504. The zero-order chi connectivity index (χ0) is 11.0. The standard InChI is InChI=1S/C12H11BrClN/c1-7(2)8-3-4-11-9(5-8)12(14)10(13)6-15-11/h3-7H,1-2H3. The van der Waals surface area contributed by atoms with Crippen molar-refractivity contribution in [2.24, 2.45) is 0 Å². The summed E-state index contributed by atoms with van der Waals surface area (Å²) < 4.78 is 0.845. The summed E-state index contributed by atoms with van der Waals surface area (Å²) in [6.45, 7) is 4.33. The van der Waals surface area contributed by atoms with E-state index in [1.165, 1.54) is 5.56 Å². The van der Waals surface area contributed by atoms with Gasteiger partial charge in [0.05, 0.1) is 15.0 Å². The molecule has 0 atom stereocenters. The third kappa shape index (κ3) is 2.01. The van der Waals surface area contributed by atoms with Crippen LogP contribution < -0.4 is 0 Å². The molecule has 0 aliphatic heterocycles. The van der Waals surface area contributed by atoms with Crippen molar-refractivity contribution in [3.05, 3.63) is 39.5 Å². The highest BCUT2D eigenvalue weighted by Crippen LogP contribution is 2.31. The van der Waals surface area contributed by atoms with E-state index < -0.39 is 0 Å². The van der Waals surface area contributed by atoms with Gasteiger partial charge in [-0.1, -0.05) is 31.5 Å². The Hall–Kier alpha value is -0.600. The fraction of sp³-hybridized carbons (Fsp3) is 0.250. The van der Waals surface area contributed by atoms with E-state index in [-0.39, 0.29) is 0 Å². The number of nitrogens with zero attached hydrogens (tertiary/aromatic N) is 1. The van der Waals surface area contributed by atoms with Crippen LogP contribution in [0.25, 0.3) is 10.9 Å². The molecule has 0 aliphatic carbocycles. The molecule has 0 bridgehead atoms. The molecule has 3 heteroatoms. The number of rotatable bonds is 1. The highest BCUT2D eigenvalue weighted by Gasteiger charge is 2.07. The van der Waals surface area contributed by atoms with Crippen LogP contribution in [-0.2, 0) is 0 Å². The summed E-state index contributed by atoms with van der Waals surface area (Å²) in [5.74, 6) is 0.504. The normalized spacial score (nSPS) is 11.3. The highest BCUT2D eigenvalue weighted by molar-refractivity contribution is 9.10. The lowest BCUT2D eigenvalue weighted by Gasteiger charge is -2.08. The quantitative estimate of drug-likeness (QED) is 0.735. The number of hydrogen-bond donors (Lipinski definition) is 0. The first-order chi connectivity index (χ1) is 7.09. The Kier molecular flexibility index (Phi) is 2.98. The maximum absolute atomic E-state index is 6.22. The molecule has 1 nitrogen and oxygen atoms in total. The van der Waals surface area contributed by atoms with Crippen LogP contribution in [0.3, 0.4) is 0 Å². The second-order valence-electron chi connectivity index (χ2n) is 3.85. The molecule has 0 amide bonds. The Morgan fingerprint density at radius 2 is 2.07 bits per heavy atom. The van der Waals surface area contributed by atoms with E-state index >= 15 is 0 Å². The van der Waals surface area contributed by atoms with Crippen LogP contribution in [-0.4, -0.2) is 4.98 Å². The van der Waals surface area contributed by atoms with E-state index in [2.05, 4.69) is 46.9 Å². The first-order valence-corrected chi connectivity index (χ1v) is 6.00. The molecule has 0 radical (unpaired) electrons. The van der Waals surface area contributed by atoms with E-state index in [0.717, 1.165) is 20.4 Å². The van der Waals surface area contributed by atoms with Crippen LogP contribution in [0.1, 0.15) is 25.3 Å². The number of aromatic nitrogens is 1. The average Bonchev–Trinajstić information content (AvgIpc) is 2.23. The predicted octanol–water partition coefficient (Wildman–Crippen LogP) is 4.77. The molecule has 1 aromatic carbocycles. The SMILES string of the molecule is CC(C)c1ccc2ncc(Br)c(Cl)c2c1. The molecule has 0 N–H and O–H groups in total. The summed E-state index contributed by atoms with van der Waals surface area (Å²) in [5.41, 5.74) is 2.22. The van der Waals surface area contributed by atoms with Crippen molar-refractivity contribution >= 4 is 38.4 Å². The number of benzene rings is 1. The molecule has 2 aromatic rings. The second-order valence-corrected chi connectivity index (χ2v) is 5.08. The Morgan fingerprint density at radius 3 is 2.73 bits per heavy atom. The van der Waals surface area contributed by atoms with Gasteiger partial charge in [0.1, 0.15) is 0 Å². The van der Waals surface area contributed by atoms with E-state index in [0.29, 0.717) is 5.92 Å². The molecule has 15 heavy (non-hydrogen) atoms. The van der Waals surface area contributed by atoms with Gasteiger partial charge in [0.15, 0.2) is 0 Å². The lowest BCUT2D eigenvalue weighted by molar-refractivity contribution is 0.868. The van der Waals surface area contributed by atoms with Gasteiger partial charge in [-0.2, -0.15) is 0 Å². The molecule has 1 heterocycles. The molecule has 0 spiro atoms. The van der Waals surface area contributed by atoms with Gasteiger partial charge < -0.3 is 0 Å². The third-order valence-electron chi connectivity index (χ3n) is 2.45. The zero-order valence-electron chi connectivity index (χ0n) is 8.59. The average molecular weight is 285 g/mol. The molecule has 0 saturated carbocycles. The maximum Gasteiger partial charge on any atom is 0.0718 e. The lowest BCUT2D eigenvalue weighted by atomic mass is 10.0. The van der Waals surface area contributed by atoms with Crippen LogP contribution in [0.2, 0.25) is 5.02 Å². The van der Waals surface area contributed by atoms with E-state index in [1.807, 2.05) is 6.07 Å². The van der Waals surface area contributed by atoms with Crippen LogP contribution in [0.5, 0.6) is 0 Å². The fourth-order valence-corrected chi connectivity index (χ4v) is 2.03. The van der Waals surface area contributed by atoms with E-state index in [1.54, 1.807) is 6.20 Å². The lowest BCUT2D eigenvalue weighted by Crippen LogP contribution is -1.89.